The number of rotatable bonds is 7. The van der Waals surface area contributed by atoms with Crippen LogP contribution >= 0.6 is 0 Å². The zero-order valence-corrected chi connectivity index (χ0v) is 13.1. The first kappa shape index (κ1) is 23.2. The zero-order chi connectivity index (χ0) is 21.5. The van der Waals surface area contributed by atoms with Gasteiger partial charge in [-0.2, -0.15) is 48.3 Å². The van der Waals surface area contributed by atoms with Gasteiger partial charge >= 0.3 is 29.9 Å². The first-order valence-electron chi connectivity index (χ1n) is 6.82. The van der Waals surface area contributed by atoms with Gasteiger partial charge in [0.2, 0.25) is 0 Å². The van der Waals surface area contributed by atoms with Crippen LogP contribution in [0.1, 0.15) is 18.1 Å². The van der Waals surface area contributed by atoms with Crippen LogP contribution in [0.3, 0.4) is 0 Å². The van der Waals surface area contributed by atoms with Gasteiger partial charge in [-0.25, -0.2) is 0 Å². The Bertz CT molecular complexity index is 637. The first-order chi connectivity index (χ1) is 11.9. The van der Waals surface area contributed by atoms with Crippen LogP contribution in [0.5, 0.6) is 5.75 Å². The molecule has 0 spiro atoms. The Morgan fingerprint density at radius 3 is 1.59 bits per heavy atom. The van der Waals surface area contributed by atoms with E-state index < -0.39 is 48.0 Å². The average molecular weight is 420 g/mol. The van der Waals surface area contributed by atoms with E-state index in [2.05, 4.69) is 4.74 Å². The number of ether oxygens (including phenoxy) is 1. The minimum Gasteiger partial charge on any atom is -0.497 e. The van der Waals surface area contributed by atoms with Crippen molar-refractivity contribution in [2.45, 2.75) is 42.4 Å². The lowest BCUT2D eigenvalue weighted by molar-refractivity contribution is -0.423. The Morgan fingerprint density at radius 1 is 0.778 bits per heavy atom. The number of hydrogen-bond acceptors (Lipinski definition) is 2. The van der Waals surface area contributed by atoms with E-state index >= 15 is 0 Å². The van der Waals surface area contributed by atoms with Crippen molar-refractivity contribution in [1.82, 2.24) is 0 Å². The number of halogens is 11. The summed E-state index contributed by atoms with van der Waals surface area (Å²) < 4.78 is 146. The van der Waals surface area contributed by atoms with Gasteiger partial charge in [-0.05, 0) is 17.7 Å². The molecule has 1 aromatic carbocycles. The number of benzene rings is 1. The molecule has 0 amide bonds. The smallest absolute Gasteiger partial charge is 0.460 e. The van der Waals surface area contributed by atoms with E-state index in [0.717, 1.165) is 24.3 Å². The highest BCUT2D eigenvalue weighted by atomic mass is 19.4. The van der Waals surface area contributed by atoms with Crippen molar-refractivity contribution in [3.63, 3.8) is 0 Å². The third-order valence-electron chi connectivity index (χ3n) is 3.55. The number of aliphatic hydroxyl groups excluding tert-OH is 1. The highest BCUT2D eigenvalue weighted by molar-refractivity contribution is 5.28. The molecule has 27 heavy (non-hydrogen) atoms. The SMILES string of the molecule is COc1ccc(C(O)CC(F)(F)C(F)(F)C(F)(F)C(F)(F)C(F)(F)F)cc1. The lowest BCUT2D eigenvalue weighted by Gasteiger charge is -2.37. The molecule has 1 rings (SSSR count). The quantitative estimate of drug-likeness (QED) is 0.613. The second-order valence-corrected chi connectivity index (χ2v) is 5.42. The molecule has 13 heteroatoms. The monoisotopic (exact) mass is 420 g/mol. The van der Waals surface area contributed by atoms with E-state index in [0.29, 0.717) is 0 Å². The van der Waals surface area contributed by atoms with E-state index in [1.165, 1.54) is 7.11 Å². The Morgan fingerprint density at radius 2 is 1.22 bits per heavy atom. The van der Waals surface area contributed by atoms with Crippen LogP contribution in [-0.4, -0.2) is 42.1 Å². The van der Waals surface area contributed by atoms with Gasteiger partial charge in [-0.3, -0.25) is 0 Å². The summed E-state index contributed by atoms with van der Waals surface area (Å²) in [4.78, 5) is 0. The second kappa shape index (κ2) is 6.99. The lowest BCUT2D eigenvalue weighted by atomic mass is 9.92. The van der Waals surface area contributed by atoms with E-state index in [1.807, 2.05) is 0 Å². The number of alkyl halides is 11. The highest BCUT2D eigenvalue weighted by Gasteiger charge is 2.87. The minimum atomic E-state index is -7.48. The molecule has 0 radical (unpaired) electrons. The van der Waals surface area contributed by atoms with E-state index in [-0.39, 0.29) is 5.75 Å². The Kier molecular flexibility index (Phi) is 6.01. The molecule has 1 N–H and O–H groups in total. The molecule has 0 fully saturated rings. The van der Waals surface area contributed by atoms with Crippen LogP contribution in [0, 0.1) is 0 Å². The fourth-order valence-electron chi connectivity index (χ4n) is 1.92. The molecule has 0 aliphatic heterocycles. The largest absolute Gasteiger partial charge is 0.497 e. The third-order valence-corrected chi connectivity index (χ3v) is 3.55. The topological polar surface area (TPSA) is 29.5 Å². The van der Waals surface area contributed by atoms with Crippen molar-refractivity contribution in [2.75, 3.05) is 7.11 Å². The molecule has 0 heterocycles. The van der Waals surface area contributed by atoms with Crippen LogP contribution in [-0.2, 0) is 0 Å². The normalized spacial score (nSPS) is 15.6. The maximum absolute atomic E-state index is 13.6. The van der Waals surface area contributed by atoms with Gasteiger partial charge in [0.25, 0.3) is 0 Å². The fraction of sp³-hybridized carbons (Fsp3) is 0.571. The number of methoxy groups -OCH3 is 1. The maximum Gasteiger partial charge on any atom is 0.460 e. The molecular weight excluding hydrogens is 409 g/mol. The summed E-state index contributed by atoms with van der Waals surface area (Å²) in [6.45, 7) is 0. The van der Waals surface area contributed by atoms with Crippen molar-refractivity contribution < 1.29 is 58.1 Å². The zero-order valence-electron chi connectivity index (χ0n) is 13.1. The summed E-state index contributed by atoms with van der Waals surface area (Å²) in [5.41, 5.74) is -0.517. The van der Waals surface area contributed by atoms with Crippen molar-refractivity contribution in [3.05, 3.63) is 29.8 Å². The standard InChI is InChI=1S/C14H11F11O2/c1-27-8-4-2-7(3-5-8)9(26)6-10(15,16)11(17,18)12(19,20)13(21,22)14(23,24)25/h2-5,9,26H,6H2,1H3. The number of aliphatic hydroxyl groups is 1. The Labute approximate surface area is 144 Å². The highest BCUT2D eigenvalue weighted by Crippen LogP contribution is 2.58. The third kappa shape index (κ3) is 3.92. The number of hydrogen-bond donors (Lipinski definition) is 1. The van der Waals surface area contributed by atoms with Gasteiger partial charge in [-0.15, -0.1) is 0 Å². The summed E-state index contributed by atoms with van der Waals surface area (Å²) in [5, 5.41) is 9.50. The van der Waals surface area contributed by atoms with Crippen LogP contribution in [0.2, 0.25) is 0 Å². The molecular formula is C14H11F11O2. The molecule has 2 nitrogen and oxygen atoms in total. The van der Waals surface area contributed by atoms with Gasteiger partial charge in [0.1, 0.15) is 5.75 Å². The molecule has 0 aliphatic rings. The fourth-order valence-corrected chi connectivity index (χ4v) is 1.92. The second-order valence-electron chi connectivity index (χ2n) is 5.42. The summed E-state index contributed by atoms with van der Waals surface area (Å²) in [6, 6.07) is 3.89. The summed E-state index contributed by atoms with van der Waals surface area (Å²) in [6.07, 6.45) is -12.3. The van der Waals surface area contributed by atoms with E-state index in [4.69, 9.17) is 0 Å². The van der Waals surface area contributed by atoms with Crippen LogP contribution in [0.4, 0.5) is 48.3 Å². The molecule has 1 atom stereocenters. The molecule has 0 saturated carbocycles. The van der Waals surface area contributed by atoms with Gasteiger partial charge in [0, 0.05) is 6.42 Å². The summed E-state index contributed by atoms with van der Waals surface area (Å²) >= 11 is 0. The maximum atomic E-state index is 13.6. The van der Waals surface area contributed by atoms with Crippen molar-refractivity contribution in [2.24, 2.45) is 0 Å². The first-order valence-corrected chi connectivity index (χ1v) is 6.82. The summed E-state index contributed by atoms with van der Waals surface area (Å²) in [5.74, 6) is -28.0. The van der Waals surface area contributed by atoms with Gasteiger partial charge in [0.15, 0.2) is 0 Å². The minimum absolute atomic E-state index is 0.138. The lowest BCUT2D eigenvalue weighted by Crippen LogP contribution is -2.66. The van der Waals surface area contributed by atoms with Crippen LogP contribution < -0.4 is 4.74 Å². The summed E-state index contributed by atoms with van der Waals surface area (Å²) in [7, 11) is 1.20. The molecule has 156 valence electrons. The van der Waals surface area contributed by atoms with Crippen molar-refractivity contribution in [1.29, 1.82) is 0 Å². The molecule has 0 saturated heterocycles. The molecule has 1 unspecified atom stereocenters. The average Bonchev–Trinajstić information content (AvgIpc) is 2.52. The molecule has 0 aliphatic carbocycles. The van der Waals surface area contributed by atoms with Crippen molar-refractivity contribution >= 4 is 0 Å². The molecule has 1 aromatic rings. The predicted molar refractivity (Wildman–Crippen MR) is 68.4 cm³/mol. The van der Waals surface area contributed by atoms with Crippen molar-refractivity contribution in [3.8, 4) is 5.75 Å². The molecule has 0 bridgehead atoms. The van der Waals surface area contributed by atoms with Gasteiger partial charge in [-0.1, -0.05) is 12.1 Å². The van der Waals surface area contributed by atoms with Gasteiger partial charge in [0.05, 0.1) is 13.2 Å². The van der Waals surface area contributed by atoms with Gasteiger partial charge < -0.3 is 9.84 Å². The predicted octanol–water partition coefficient (Wildman–Crippen LogP) is 5.22. The Balaban J connectivity index is 3.18. The van der Waals surface area contributed by atoms with Crippen LogP contribution in [0.25, 0.3) is 0 Å². The van der Waals surface area contributed by atoms with E-state index in [1.54, 1.807) is 0 Å². The van der Waals surface area contributed by atoms with E-state index in [9.17, 15) is 53.4 Å². The Hall–Kier alpha value is -1.79. The molecule has 0 aromatic heterocycles. The van der Waals surface area contributed by atoms with Crippen LogP contribution in [0.15, 0.2) is 24.3 Å².